The topological polar surface area (TPSA) is 84.7 Å². The van der Waals surface area contributed by atoms with Crippen LogP contribution in [0.25, 0.3) is 0 Å². The van der Waals surface area contributed by atoms with E-state index >= 15 is 0 Å². The lowest BCUT2D eigenvalue weighted by Crippen LogP contribution is -2.51. The first-order valence-corrected chi connectivity index (χ1v) is 9.16. The predicted molar refractivity (Wildman–Crippen MR) is 105 cm³/mol. The van der Waals surface area contributed by atoms with E-state index in [1.165, 1.54) is 4.90 Å². The number of para-hydroxylation sites is 2. The average molecular weight is 408 g/mol. The van der Waals surface area contributed by atoms with Crippen LogP contribution < -0.4 is 20.7 Å². The minimum Gasteiger partial charge on any atom is -0.477 e. The van der Waals surface area contributed by atoms with E-state index in [1.54, 1.807) is 36.4 Å². The molecule has 0 aliphatic carbocycles. The van der Waals surface area contributed by atoms with Crippen molar-refractivity contribution in [2.24, 2.45) is 5.73 Å². The van der Waals surface area contributed by atoms with Crippen molar-refractivity contribution in [3.05, 3.63) is 58.1 Å². The highest BCUT2D eigenvalue weighted by atomic mass is 35.5. The van der Waals surface area contributed by atoms with E-state index in [-0.39, 0.29) is 25.0 Å². The van der Waals surface area contributed by atoms with Crippen molar-refractivity contribution in [2.45, 2.75) is 19.1 Å². The average Bonchev–Trinajstić information content (AvgIpc) is 2.66. The van der Waals surface area contributed by atoms with Gasteiger partial charge in [0.1, 0.15) is 5.75 Å². The normalized spacial score (nSPS) is 17.0. The maximum absolute atomic E-state index is 12.8. The van der Waals surface area contributed by atoms with E-state index in [1.807, 2.05) is 13.0 Å². The van der Waals surface area contributed by atoms with Gasteiger partial charge in [-0.05, 0) is 36.8 Å². The Balaban J connectivity index is 1.71. The third-order valence-corrected chi connectivity index (χ3v) is 5.13. The lowest BCUT2D eigenvalue weighted by atomic mass is 10.1. The minimum absolute atomic E-state index is 0.0707. The van der Waals surface area contributed by atoms with E-state index in [2.05, 4.69) is 5.32 Å². The van der Waals surface area contributed by atoms with E-state index in [0.29, 0.717) is 21.5 Å². The molecule has 0 unspecified atom stereocenters. The van der Waals surface area contributed by atoms with E-state index in [9.17, 15) is 9.59 Å². The van der Waals surface area contributed by atoms with Gasteiger partial charge in [0.05, 0.1) is 28.8 Å². The molecule has 8 heteroatoms. The second-order valence-electron chi connectivity index (χ2n) is 6.26. The van der Waals surface area contributed by atoms with Crippen molar-refractivity contribution in [3.63, 3.8) is 0 Å². The zero-order valence-corrected chi connectivity index (χ0v) is 16.1. The fraction of sp³-hybridized carbons (Fsp3) is 0.263. The summed E-state index contributed by atoms with van der Waals surface area (Å²) in [5.41, 5.74) is 6.90. The monoisotopic (exact) mass is 407 g/mol. The van der Waals surface area contributed by atoms with Gasteiger partial charge >= 0.3 is 0 Å². The van der Waals surface area contributed by atoms with Crippen molar-refractivity contribution in [3.8, 4) is 5.75 Å². The van der Waals surface area contributed by atoms with Crippen LogP contribution in [0.4, 0.5) is 5.69 Å². The number of benzene rings is 2. The number of fused-ring (bicyclic) bond motifs is 1. The van der Waals surface area contributed by atoms with Crippen LogP contribution >= 0.6 is 23.2 Å². The highest BCUT2D eigenvalue weighted by molar-refractivity contribution is 6.42. The molecule has 3 rings (SSSR count). The van der Waals surface area contributed by atoms with Crippen LogP contribution in [0.1, 0.15) is 18.5 Å². The second kappa shape index (κ2) is 8.17. The van der Waals surface area contributed by atoms with Gasteiger partial charge in [0.25, 0.3) is 5.91 Å². The predicted octanol–water partition coefficient (Wildman–Crippen LogP) is 2.92. The van der Waals surface area contributed by atoms with E-state index < -0.39 is 12.0 Å². The molecule has 1 heterocycles. The first-order chi connectivity index (χ1) is 12.9. The van der Waals surface area contributed by atoms with Crippen LogP contribution in [0.5, 0.6) is 5.75 Å². The van der Waals surface area contributed by atoms with Gasteiger partial charge in [-0.15, -0.1) is 0 Å². The van der Waals surface area contributed by atoms with Crippen LogP contribution in [0, 0.1) is 0 Å². The number of hydrogen-bond donors (Lipinski definition) is 2. The Morgan fingerprint density at radius 3 is 2.70 bits per heavy atom. The number of halogens is 2. The number of nitrogens with two attached hydrogens (primary N) is 1. The molecule has 142 valence electrons. The highest BCUT2D eigenvalue weighted by Crippen LogP contribution is 2.33. The smallest absolute Gasteiger partial charge is 0.260 e. The fourth-order valence-electron chi connectivity index (χ4n) is 2.85. The summed E-state index contributed by atoms with van der Waals surface area (Å²) in [7, 11) is 0. The number of carbonyl (C=O) groups is 2. The molecule has 1 aliphatic heterocycles. The van der Waals surface area contributed by atoms with Gasteiger partial charge in [0, 0.05) is 6.04 Å². The van der Waals surface area contributed by atoms with Gasteiger partial charge in [-0.1, -0.05) is 41.4 Å². The summed E-state index contributed by atoms with van der Waals surface area (Å²) in [6, 6.07) is 12.3. The lowest BCUT2D eigenvalue weighted by Gasteiger charge is -2.33. The Kier molecular flexibility index (Phi) is 5.89. The molecule has 0 fully saturated rings. The molecular formula is C19H19Cl2N3O3. The van der Waals surface area contributed by atoms with Crippen LogP contribution in [-0.2, 0) is 9.59 Å². The van der Waals surface area contributed by atoms with Gasteiger partial charge in [-0.3, -0.25) is 9.59 Å². The largest absolute Gasteiger partial charge is 0.477 e. The van der Waals surface area contributed by atoms with Gasteiger partial charge in [0.15, 0.2) is 6.10 Å². The zero-order valence-electron chi connectivity index (χ0n) is 14.6. The number of ether oxygens (including phenoxy) is 1. The molecule has 27 heavy (non-hydrogen) atoms. The number of primary amides is 1. The standard InChI is InChI=1S/C19H19Cl2N3O3/c1-11(12-6-7-13(20)14(21)8-12)23-9-18(25)24-10-17(19(22)26)27-16-5-3-2-4-15(16)24/h2-8,11,17,23H,9-10H2,1H3,(H2,22,26)/t11-,17+/m1/s1. The zero-order chi connectivity index (χ0) is 19.6. The van der Waals surface area contributed by atoms with Gasteiger partial charge in [-0.2, -0.15) is 0 Å². The van der Waals surface area contributed by atoms with Crippen molar-refractivity contribution >= 4 is 40.7 Å². The summed E-state index contributed by atoms with van der Waals surface area (Å²) < 4.78 is 5.58. The molecule has 0 bridgehead atoms. The number of carbonyl (C=O) groups excluding carboxylic acids is 2. The molecule has 0 saturated heterocycles. The number of hydrogen-bond acceptors (Lipinski definition) is 4. The Morgan fingerprint density at radius 1 is 1.26 bits per heavy atom. The summed E-state index contributed by atoms with van der Waals surface area (Å²) >= 11 is 12.0. The molecule has 6 nitrogen and oxygen atoms in total. The fourth-order valence-corrected chi connectivity index (χ4v) is 3.16. The summed E-state index contributed by atoms with van der Waals surface area (Å²) in [6.07, 6.45) is -0.878. The number of rotatable bonds is 5. The summed E-state index contributed by atoms with van der Waals surface area (Å²) in [5, 5.41) is 4.10. The minimum atomic E-state index is -0.878. The number of nitrogens with zero attached hydrogens (tertiary/aromatic N) is 1. The lowest BCUT2D eigenvalue weighted by molar-refractivity contribution is -0.125. The molecule has 0 aromatic heterocycles. The molecule has 0 spiro atoms. The quantitative estimate of drug-likeness (QED) is 0.797. The van der Waals surface area contributed by atoms with E-state index in [0.717, 1.165) is 5.56 Å². The molecule has 0 radical (unpaired) electrons. The van der Waals surface area contributed by atoms with E-state index in [4.69, 9.17) is 33.7 Å². The van der Waals surface area contributed by atoms with Gasteiger partial charge < -0.3 is 20.7 Å². The highest BCUT2D eigenvalue weighted by Gasteiger charge is 2.32. The maximum atomic E-state index is 12.8. The van der Waals surface area contributed by atoms with Gasteiger partial charge in [-0.25, -0.2) is 0 Å². The van der Waals surface area contributed by atoms with Crippen molar-refractivity contribution in [1.29, 1.82) is 0 Å². The van der Waals surface area contributed by atoms with Crippen LogP contribution in [0.2, 0.25) is 10.0 Å². The first kappa shape index (κ1) is 19.5. The molecular weight excluding hydrogens is 389 g/mol. The molecule has 2 aromatic carbocycles. The second-order valence-corrected chi connectivity index (χ2v) is 7.07. The summed E-state index contributed by atoms with van der Waals surface area (Å²) in [6.45, 7) is 2.07. The van der Waals surface area contributed by atoms with Crippen LogP contribution in [0.3, 0.4) is 0 Å². The molecule has 2 atom stereocenters. The Labute approximate surface area is 167 Å². The van der Waals surface area contributed by atoms with Crippen molar-refractivity contribution in [1.82, 2.24) is 5.32 Å². The Bertz CT molecular complexity index is 875. The van der Waals surface area contributed by atoms with Gasteiger partial charge in [0.2, 0.25) is 5.91 Å². The summed E-state index contributed by atoms with van der Waals surface area (Å²) in [4.78, 5) is 25.9. The maximum Gasteiger partial charge on any atom is 0.260 e. The third-order valence-electron chi connectivity index (χ3n) is 4.40. The summed E-state index contributed by atoms with van der Waals surface area (Å²) in [5.74, 6) is -0.346. The number of nitrogens with one attached hydrogen (secondary N) is 1. The molecule has 0 saturated carbocycles. The van der Waals surface area contributed by atoms with Crippen molar-refractivity contribution < 1.29 is 14.3 Å². The molecule has 2 aromatic rings. The molecule has 2 amide bonds. The number of anilines is 1. The van der Waals surface area contributed by atoms with Crippen LogP contribution in [-0.4, -0.2) is 31.0 Å². The Morgan fingerprint density at radius 2 is 2.00 bits per heavy atom. The molecule has 1 aliphatic rings. The van der Waals surface area contributed by atoms with Crippen molar-refractivity contribution in [2.75, 3.05) is 18.0 Å². The molecule has 3 N–H and O–H groups in total. The SMILES string of the molecule is C[C@@H](NCC(=O)N1C[C@@H](C(N)=O)Oc2ccccc21)c1ccc(Cl)c(Cl)c1. The Hall–Kier alpha value is -2.28. The number of amides is 2. The third kappa shape index (κ3) is 4.35. The first-order valence-electron chi connectivity index (χ1n) is 8.40. The van der Waals surface area contributed by atoms with Crippen LogP contribution in [0.15, 0.2) is 42.5 Å².